The van der Waals surface area contributed by atoms with Crippen molar-refractivity contribution in [2.75, 3.05) is 13.6 Å². The van der Waals surface area contributed by atoms with Crippen molar-refractivity contribution in [3.05, 3.63) is 94.9 Å². The molecule has 0 saturated heterocycles. The summed E-state index contributed by atoms with van der Waals surface area (Å²) < 4.78 is 69.7. The van der Waals surface area contributed by atoms with Crippen molar-refractivity contribution < 1.29 is 22.0 Å². The van der Waals surface area contributed by atoms with Crippen molar-refractivity contribution in [1.82, 2.24) is 20.2 Å². The molecule has 4 atom stereocenters. The summed E-state index contributed by atoms with van der Waals surface area (Å²) in [6.45, 7) is 4.37. The molecule has 10 heteroatoms. The highest BCUT2D eigenvalue weighted by Gasteiger charge is 2.65. The number of aliphatic imine (C=N–C) groups is 1. The molecular formula is C26H24F5N5. The number of allylic oxidation sites excluding steroid dienone is 9. The summed E-state index contributed by atoms with van der Waals surface area (Å²) in [7, 11) is 1.51. The first-order chi connectivity index (χ1) is 17.0. The molecule has 0 fully saturated rings. The fourth-order valence-corrected chi connectivity index (χ4v) is 6.05. The topological polar surface area (TPSA) is 34.1 Å². The Morgan fingerprint density at radius 3 is 2.67 bits per heavy atom. The van der Waals surface area contributed by atoms with E-state index in [1.807, 2.05) is 60.2 Å². The third-order valence-electron chi connectivity index (χ3n) is 7.99. The van der Waals surface area contributed by atoms with Crippen LogP contribution in [0.15, 0.2) is 99.9 Å². The first kappa shape index (κ1) is 23.0. The van der Waals surface area contributed by atoms with Gasteiger partial charge in [-0.25, -0.2) is 13.8 Å². The molecule has 6 rings (SSSR count). The fraction of sp³-hybridized carbons (Fsp3) is 0.346. The van der Waals surface area contributed by atoms with Crippen molar-refractivity contribution >= 4 is 5.84 Å². The van der Waals surface area contributed by atoms with E-state index < -0.39 is 41.1 Å². The SMILES string of the molecule is CN1NC(C(F)(F)F)=NC1C1=CC=CCN1C1=CC2(C)C3=CC(F)=CC(F)C3=C3C=CC=CN3C12C. The van der Waals surface area contributed by atoms with Gasteiger partial charge in [-0.1, -0.05) is 18.2 Å². The molecule has 188 valence electrons. The zero-order valence-corrected chi connectivity index (χ0v) is 19.8. The predicted octanol–water partition coefficient (Wildman–Crippen LogP) is 4.93. The molecule has 6 aliphatic rings. The highest BCUT2D eigenvalue weighted by atomic mass is 19.4. The highest BCUT2D eigenvalue weighted by molar-refractivity contribution is 5.88. The monoisotopic (exact) mass is 501 g/mol. The van der Waals surface area contributed by atoms with Crippen molar-refractivity contribution in [3.63, 3.8) is 0 Å². The molecule has 2 aliphatic carbocycles. The van der Waals surface area contributed by atoms with Gasteiger partial charge in [0.1, 0.15) is 12.0 Å². The highest BCUT2D eigenvalue weighted by Crippen LogP contribution is 2.65. The van der Waals surface area contributed by atoms with E-state index in [9.17, 15) is 17.6 Å². The molecule has 4 heterocycles. The van der Waals surface area contributed by atoms with E-state index in [-0.39, 0.29) is 0 Å². The minimum absolute atomic E-state index is 0.420. The van der Waals surface area contributed by atoms with Gasteiger partial charge in [0.2, 0.25) is 5.84 Å². The van der Waals surface area contributed by atoms with Crippen molar-refractivity contribution in [3.8, 4) is 0 Å². The average Bonchev–Trinajstić information content (AvgIpc) is 3.23. The van der Waals surface area contributed by atoms with Gasteiger partial charge < -0.3 is 9.80 Å². The molecular weight excluding hydrogens is 477 g/mol. The smallest absolute Gasteiger partial charge is 0.340 e. The number of amidine groups is 1. The fourth-order valence-electron chi connectivity index (χ4n) is 6.05. The maximum absolute atomic E-state index is 15.2. The third kappa shape index (κ3) is 2.87. The summed E-state index contributed by atoms with van der Waals surface area (Å²) in [6, 6.07) is 0. The first-order valence-corrected chi connectivity index (χ1v) is 11.6. The molecule has 0 saturated carbocycles. The summed E-state index contributed by atoms with van der Waals surface area (Å²) in [4.78, 5) is 7.88. The second kappa shape index (κ2) is 7.32. The Kier molecular flexibility index (Phi) is 4.68. The van der Waals surface area contributed by atoms with Crippen LogP contribution in [0, 0.1) is 5.41 Å². The van der Waals surface area contributed by atoms with Crippen LogP contribution in [0.5, 0.6) is 0 Å². The molecule has 0 amide bonds. The molecule has 5 nitrogen and oxygen atoms in total. The lowest BCUT2D eigenvalue weighted by Crippen LogP contribution is -2.68. The van der Waals surface area contributed by atoms with Crippen LogP contribution in [-0.2, 0) is 0 Å². The van der Waals surface area contributed by atoms with Gasteiger partial charge in [0.15, 0.2) is 6.17 Å². The van der Waals surface area contributed by atoms with E-state index in [1.165, 1.54) is 18.1 Å². The molecule has 0 aromatic heterocycles. The summed E-state index contributed by atoms with van der Waals surface area (Å²) >= 11 is 0. The number of fused-ring (bicyclic) bond motifs is 5. The number of nitrogens with one attached hydrogen (secondary N) is 1. The van der Waals surface area contributed by atoms with Gasteiger partial charge in [-0.3, -0.25) is 5.43 Å². The number of hydrazine groups is 1. The van der Waals surface area contributed by atoms with E-state index in [4.69, 9.17) is 0 Å². The maximum Gasteiger partial charge on any atom is 0.450 e. The van der Waals surface area contributed by atoms with Gasteiger partial charge in [-0.2, -0.15) is 18.2 Å². The molecule has 36 heavy (non-hydrogen) atoms. The van der Waals surface area contributed by atoms with Crippen LogP contribution in [-0.4, -0.2) is 58.3 Å². The largest absolute Gasteiger partial charge is 0.450 e. The molecule has 1 N–H and O–H groups in total. The summed E-state index contributed by atoms with van der Waals surface area (Å²) in [5.74, 6) is -1.67. The Morgan fingerprint density at radius 2 is 1.94 bits per heavy atom. The van der Waals surface area contributed by atoms with Crippen molar-refractivity contribution in [1.29, 1.82) is 0 Å². The van der Waals surface area contributed by atoms with Gasteiger partial charge in [0.25, 0.3) is 0 Å². The van der Waals surface area contributed by atoms with Gasteiger partial charge >= 0.3 is 6.18 Å². The normalized spacial score (nSPS) is 35.2. The van der Waals surface area contributed by atoms with Gasteiger partial charge in [-0.05, 0) is 55.9 Å². The molecule has 0 spiro atoms. The maximum atomic E-state index is 15.2. The van der Waals surface area contributed by atoms with E-state index >= 15 is 4.39 Å². The number of hydrogen-bond donors (Lipinski definition) is 1. The average molecular weight is 502 g/mol. The van der Waals surface area contributed by atoms with Gasteiger partial charge in [0.05, 0.1) is 11.2 Å². The standard InChI is InChI=1S/C26H24F5N5/c1-24-14-20(35-10-6-4-9-19(35)22-32-23(26(29,30)31)33-34(22)3)25(24,2)36-11-7-5-8-18(36)21-16(24)12-15(27)13-17(21)28/h4-9,11-14,17,22H,10H2,1-3H3,(H,32,33). The molecule has 4 unspecified atom stereocenters. The van der Waals surface area contributed by atoms with E-state index in [0.717, 1.165) is 11.8 Å². The van der Waals surface area contributed by atoms with Crippen LogP contribution in [0.1, 0.15) is 13.8 Å². The number of rotatable bonds is 2. The number of likely N-dealkylation sites (N-methyl/N-ethyl adjacent to an activating group) is 1. The zero-order chi connectivity index (χ0) is 25.6. The van der Waals surface area contributed by atoms with Crippen LogP contribution in [0.2, 0.25) is 0 Å². The second-order valence-corrected chi connectivity index (χ2v) is 9.89. The van der Waals surface area contributed by atoms with E-state index in [0.29, 0.717) is 29.1 Å². The lowest BCUT2D eigenvalue weighted by atomic mass is 9.51. The molecule has 0 aromatic rings. The van der Waals surface area contributed by atoms with E-state index in [1.54, 1.807) is 12.2 Å². The Bertz CT molecular complexity index is 1330. The summed E-state index contributed by atoms with van der Waals surface area (Å²) in [6.07, 6.45) is 10.1. The minimum Gasteiger partial charge on any atom is -0.340 e. The summed E-state index contributed by atoms with van der Waals surface area (Å²) in [5.41, 5.74) is 3.84. The second-order valence-electron chi connectivity index (χ2n) is 9.89. The zero-order valence-electron chi connectivity index (χ0n) is 19.8. The molecule has 0 aromatic carbocycles. The quantitative estimate of drug-likeness (QED) is 0.545. The van der Waals surface area contributed by atoms with Gasteiger partial charge in [-0.15, -0.1) is 0 Å². The number of hydrogen-bond acceptors (Lipinski definition) is 5. The Hall–Kier alpha value is -3.40. The van der Waals surface area contributed by atoms with Crippen LogP contribution in [0.4, 0.5) is 22.0 Å². The Balaban J connectivity index is 1.46. The number of halogens is 5. The summed E-state index contributed by atoms with van der Waals surface area (Å²) in [5, 5.41) is 1.33. The van der Waals surface area contributed by atoms with E-state index in [2.05, 4.69) is 10.4 Å². The van der Waals surface area contributed by atoms with Crippen LogP contribution in [0.3, 0.4) is 0 Å². The lowest BCUT2D eigenvalue weighted by molar-refractivity contribution is -0.0628. The van der Waals surface area contributed by atoms with Crippen LogP contribution < -0.4 is 5.43 Å². The van der Waals surface area contributed by atoms with Crippen LogP contribution >= 0.6 is 0 Å². The third-order valence-corrected chi connectivity index (χ3v) is 7.99. The number of nitrogens with zero attached hydrogens (tertiary/aromatic N) is 4. The first-order valence-electron chi connectivity index (χ1n) is 11.6. The molecule has 4 aliphatic heterocycles. The Labute approximate surface area is 205 Å². The molecule has 0 radical (unpaired) electrons. The minimum atomic E-state index is -4.60. The predicted molar refractivity (Wildman–Crippen MR) is 126 cm³/mol. The number of alkyl halides is 4. The molecule has 0 bridgehead atoms. The van der Waals surface area contributed by atoms with Crippen molar-refractivity contribution in [2.45, 2.75) is 37.9 Å². The van der Waals surface area contributed by atoms with Gasteiger partial charge in [0, 0.05) is 42.2 Å². The lowest BCUT2D eigenvalue weighted by Gasteiger charge is -2.66. The Morgan fingerprint density at radius 1 is 1.17 bits per heavy atom. The van der Waals surface area contributed by atoms with Crippen LogP contribution in [0.25, 0.3) is 0 Å². The van der Waals surface area contributed by atoms with Crippen molar-refractivity contribution in [2.24, 2.45) is 10.4 Å².